The molecule has 0 saturated carbocycles. The van der Waals surface area contributed by atoms with Gasteiger partial charge in [-0.25, -0.2) is 0 Å². The summed E-state index contributed by atoms with van der Waals surface area (Å²) in [5.41, 5.74) is 0. The molecule has 3 aliphatic rings. The molecule has 3 aliphatic heterocycles. The van der Waals surface area contributed by atoms with Crippen LogP contribution in [0.3, 0.4) is 0 Å². The van der Waals surface area contributed by atoms with Crippen LogP contribution in [0.2, 0.25) is 0 Å². The normalized spacial score (nSPS) is 26.0. The fourth-order valence-corrected chi connectivity index (χ4v) is 14.8. The van der Waals surface area contributed by atoms with Crippen molar-refractivity contribution in [2.75, 3.05) is 26.4 Å². The molecule has 3 saturated heterocycles. The molecule has 1 amide bonds. The second kappa shape index (κ2) is 65.7. The summed E-state index contributed by atoms with van der Waals surface area (Å²) < 4.78 is 34.5. The molecule has 0 aromatic carbocycles. The zero-order chi connectivity index (χ0) is 75.3. The van der Waals surface area contributed by atoms with Crippen molar-refractivity contribution in [2.24, 2.45) is 0 Å². The van der Waals surface area contributed by atoms with Crippen molar-refractivity contribution < 1.29 is 89.4 Å². The van der Waals surface area contributed by atoms with Crippen molar-refractivity contribution in [3.05, 3.63) is 36.5 Å². The average molecular weight is 1480 g/mol. The second-order valence-corrected chi connectivity index (χ2v) is 31.0. The van der Waals surface area contributed by atoms with Gasteiger partial charge in [0.2, 0.25) is 5.91 Å². The summed E-state index contributed by atoms with van der Waals surface area (Å²) in [6.07, 6.45) is 56.0. The van der Waals surface area contributed by atoms with Crippen molar-refractivity contribution in [1.29, 1.82) is 0 Å². The first-order valence-corrected chi connectivity index (χ1v) is 43.2. The summed E-state index contributed by atoms with van der Waals surface area (Å²) in [4.78, 5) is 13.5. The fraction of sp³-hybridized carbons (Fsp3) is 0.918. The Morgan fingerprint density at radius 3 is 0.962 bits per heavy atom. The smallest absolute Gasteiger partial charge is 0.220 e. The second-order valence-electron chi connectivity index (χ2n) is 31.0. The molecule has 12 N–H and O–H groups in total. The number of hydrogen-bond acceptors (Lipinski definition) is 18. The summed E-state index contributed by atoms with van der Waals surface area (Å²) >= 11 is 0. The Bertz CT molecular complexity index is 2020. The van der Waals surface area contributed by atoms with Crippen LogP contribution in [0.5, 0.6) is 0 Å². The minimum Gasteiger partial charge on any atom is -0.394 e. The van der Waals surface area contributed by atoms with Gasteiger partial charge in [0.1, 0.15) is 73.2 Å². The molecule has 0 spiro atoms. The van der Waals surface area contributed by atoms with Gasteiger partial charge in [-0.15, -0.1) is 0 Å². The first kappa shape index (κ1) is 96.2. The zero-order valence-electron chi connectivity index (χ0n) is 65.8. The van der Waals surface area contributed by atoms with E-state index in [1.54, 1.807) is 6.08 Å². The van der Waals surface area contributed by atoms with Crippen molar-refractivity contribution in [3.8, 4) is 0 Å². The third-order valence-electron chi connectivity index (χ3n) is 21.7. The fourth-order valence-electron chi connectivity index (χ4n) is 14.8. The van der Waals surface area contributed by atoms with E-state index >= 15 is 0 Å². The quantitative estimate of drug-likeness (QED) is 0.0199. The van der Waals surface area contributed by atoms with E-state index in [0.717, 1.165) is 44.9 Å². The molecule has 17 atom stereocenters. The number of carbonyl (C=O) groups is 1. The molecule has 0 aliphatic carbocycles. The van der Waals surface area contributed by atoms with Gasteiger partial charge in [0.15, 0.2) is 18.9 Å². The predicted octanol–water partition coefficient (Wildman–Crippen LogP) is 15.5. The van der Waals surface area contributed by atoms with Crippen LogP contribution < -0.4 is 5.32 Å². The summed E-state index contributed by atoms with van der Waals surface area (Å²) in [5, 5.41) is 121. The average Bonchev–Trinajstić information content (AvgIpc) is 0.782. The number of aliphatic hydroxyl groups is 11. The SMILES string of the molecule is CCCCCCCCCCCCCC/C=C/CC/C=C/CC/C=C/C(O)C(COC1OC(CO)C(OC2OC(CO)C(OC3OC(CO)C(O)C(O)C3O)C(O)C2O)C(O)C1O)NC(=O)CCCCCCCCCCCCCCCCCCCCCCCCCCCCCCCCCCCCCCC. The lowest BCUT2D eigenvalue weighted by atomic mass is 9.96. The van der Waals surface area contributed by atoms with Gasteiger partial charge in [-0.2, -0.15) is 0 Å². The number of rotatable bonds is 70. The molecule has 0 aromatic heterocycles. The summed E-state index contributed by atoms with van der Waals surface area (Å²) in [5.74, 6) is -0.282. The van der Waals surface area contributed by atoms with E-state index in [1.165, 1.54) is 289 Å². The predicted molar refractivity (Wildman–Crippen MR) is 416 cm³/mol. The van der Waals surface area contributed by atoms with Gasteiger partial charge in [0.05, 0.1) is 38.6 Å². The van der Waals surface area contributed by atoms with Crippen LogP contribution in [0, 0.1) is 0 Å². The molecule has 612 valence electrons. The Hall–Kier alpha value is -1.99. The van der Waals surface area contributed by atoms with Gasteiger partial charge in [-0.3, -0.25) is 4.79 Å². The number of carbonyl (C=O) groups excluding carboxylic acids is 1. The Morgan fingerprint density at radius 2 is 0.615 bits per heavy atom. The number of allylic oxidation sites excluding steroid dienone is 5. The monoisotopic (exact) mass is 1480 g/mol. The van der Waals surface area contributed by atoms with Gasteiger partial charge in [0.25, 0.3) is 0 Å². The van der Waals surface area contributed by atoms with E-state index in [2.05, 4.69) is 43.5 Å². The number of hydrogen-bond donors (Lipinski definition) is 12. The third-order valence-corrected chi connectivity index (χ3v) is 21.7. The molecular formula is C85H159NO18. The van der Waals surface area contributed by atoms with Crippen molar-refractivity contribution >= 4 is 5.91 Å². The zero-order valence-corrected chi connectivity index (χ0v) is 65.8. The number of aliphatic hydroxyl groups excluding tert-OH is 11. The molecule has 19 heteroatoms. The minimum atomic E-state index is -1.98. The Balaban J connectivity index is 1.32. The van der Waals surface area contributed by atoms with E-state index in [9.17, 15) is 61.0 Å². The van der Waals surface area contributed by atoms with Crippen LogP contribution in [0.25, 0.3) is 0 Å². The lowest BCUT2D eigenvalue weighted by molar-refractivity contribution is -0.379. The molecule has 0 radical (unpaired) electrons. The largest absolute Gasteiger partial charge is 0.394 e. The lowest BCUT2D eigenvalue weighted by Gasteiger charge is -2.48. The summed E-state index contributed by atoms with van der Waals surface area (Å²) in [6.45, 7) is 1.77. The van der Waals surface area contributed by atoms with Gasteiger partial charge in [-0.05, 0) is 44.9 Å². The molecule has 0 bridgehead atoms. The first-order chi connectivity index (χ1) is 50.8. The van der Waals surface area contributed by atoms with E-state index in [4.69, 9.17) is 28.4 Å². The molecule has 3 fully saturated rings. The van der Waals surface area contributed by atoms with Crippen LogP contribution in [0.1, 0.15) is 367 Å². The van der Waals surface area contributed by atoms with Crippen molar-refractivity contribution in [1.82, 2.24) is 5.32 Å². The molecule has 0 aromatic rings. The number of ether oxygens (including phenoxy) is 6. The standard InChI is InChI=1S/C85H159NO18/c1-3-5-7-9-11-13-15-17-19-21-23-25-27-28-29-30-31-32-33-34-35-36-37-38-39-40-41-43-45-47-49-51-53-55-57-59-61-63-73(91)86-68(69(90)62-60-58-56-54-52-50-48-46-44-42-26-24-22-20-18-16-14-12-10-8-6-4-2)67-99-83-79(97)76(94)81(71(65-88)101-83)104-85-80(98)77(95)82(72(66-89)102-85)103-84-78(96)75(93)74(92)70(64-87)100-84/h44,46,52,54,60,62,68-72,74-85,87-90,92-98H,3-43,45,47-51,53,55-59,61,63-67H2,1-2H3,(H,86,91)/b46-44+,54-52+,62-60+. The molecule has 104 heavy (non-hydrogen) atoms. The highest BCUT2D eigenvalue weighted by Crippen LogP contribution is 2.33. The van der Waals surface area contributed by atoms with Crippen LogP contribution in [-0.4, -0.2) is 193 Å². The Morgan fingerprint density at radius 1 is 0.337 bits per heavy atom. The van der Waals surface area contributed by atoms with Crippen LogP contribution in [0.4, 0.5) is 0 Å². The maximum Gasteiger partial charge on any atom is 0.220 e. The molecule has 19 nitrogen and oxygen atoms in total. The number of amides is 1. The summed E-state index contributed by atoms with van der Waals surface area (Å²) in [6, 6.07) is -0.996. The van der Waals surface area contributed by atoms with E-state index in [0.29, 0.717) is 12.8 Å². The first-order valence-electron chi connectivity index (χ1n) is 43.2. The topological polar surface area (TPSA) is 307 Å². The third kappa shape index (κ3) is 44.8. The van der Waals surface area contributed by atoms with E-state index in [-0.39, 0.29) is 18.9 Å². The maximum atomic E-state index is 13.5. The Labute approximate surface area is 631 Å². The number of unbranched alkanes of at least 4 members (excludes halogenated alkanes) is 50. The van der Waals surface area contributed by atoms with E-state index < -0.39 is 124 Å². The highest BCUT2D eigenvalue weighted by molar-refractivity contribution is 5.76. The lowest BCUT2D eigenvalue weighted by Crippen LogP contribution is -2.66. The van der Waals surface area contributed by atoms with Crippen molar-refractivity contribution in [2.45, 2.75) is 471 Å². The highest BCUT2D eigenvalue weighted by Gasteiger charge is 2.54. The highest BCUT2D eigenvalue weighted by atomic mass is 16.8. The van der Waals surface area contributed by atoms with Gasteiger partial charge >= 0.3 is 0 Å². The number of nitrogens with one attached hydrogen (secondary N) is 1. The van der Waals surface area contributed by atoms with Crippen LogP contribution in [-0.2, 0) is 33.2 Å². The minimum absolute atomic E-state index is 0.237. The van der Waals surface area contributed by atoms with E-state index in [1.807, 2.05) is 6.08 Å². The Kier molecular flexibility index (Phi) is 60.8. The van der Waals surface area contributed by atoms with Crippen LogP contribution in [0.15, 0.2) is 36.5 Å². The molecular weight excluding hydrogens is 1320 g/mol. The van der Waals surface area contributed by atoms with Crippen molar-refractivity contribution in [3.63, 3.8) is 0 Å². The summed E-state index contributed by atoms with van der Waals surface area (Å²) in [7, 11) is 0. The van der Waals surface area contributed by atoms with Gasteiger partial charge in [-0.1, -0.05) is 352 Å². The molecule has 3 heterocycles. The van der Waals surface area contributed by atoms with Gasteiger partial charge in [0, 0.05) is 6.42 Å². The van der Waals surface area contributed by atoms with Gasteiger partial charge < -0.3 is 89.9 Å². The van der Waals surface area contributed by atoms with Crippen LogP contribution >= 0.6 is 0 Å². The maximum absolute atomic E-state index is 13.5. The molecule has 3 rings (SSSR count). The molecule has 17 unspecified atom stereocenters.